The van der Waals surface area contributed by atoms with Crippen LogP contribution in [0.15, 0.2) is 15.9 Å². The lowest BCUT2D eigenvalue weighted by Crippen LogP contribution is -2.15. The van der Waals surface area contributed by atoms with Crippen LogP contribution in [0.4, 0.5) is 0 Å². The molecule has 2 aromatic rings. The van der Waals surface area contributed by atoms with E-state index < -0.39 is 0 Å². The maximum Gasteiger partial charge on any atom is 0.0738 e. The van der Waals surface area contributed by atoms with Crippen molar-refractivity contribution in [2.75, 3.05) is 0 Å². The molecule has 2 aromatic heterocycles. The minimum absolute atomic E-state index is 0.0473. The number of nitrogens with zero attached hydrogens (tertiary/aromatic N) is 2. The number of thiophene rings is 1. The van der Waals surface area contributed by atoms with Crippen molar-refractivity contribution in [2.45, 2.75) is 32.7 Å². The van der Waals surface area contributed by atoms with Gasteiger partial charge in [-0.3, -0.25) is 4.68 Å². The Labute approximate surface area is 120 Å². The third-order valence-electron chi connectivity index (χ3n) is 3.17. The molecule has 0 saturated heterocycles. The van der Waals surface area contributed by atoms with Gasteiger partial charge in [0.15, 0.2) is 0 Å². The predicted octanol–water partition coefficient (Wildman–Crippen LogP) is 3.36. The van der Waals surface area contributed by atoms with Gasteiger partial charge in [0, 0.05) is 24.4 Å². The summed E-state index contributed by atoms with van der Waals surface area (Å²) >= 11 is 5.34. The summed E-state index contributed by atoms with van der Waals surface area (Å²) in [6.45, 7) is 4.17. The zero-order valence-electron chi connectivity index (χ0n) is 10.9. The second-order valence-electron chi connectivity index (χ2n) is 4.44. The molecule has 0 saturated carbocycles. The monoisotopic (exact) mass is 327 g/mol. The molecule has 1 unspecified atom stereocenters. The van der Waals surface area contributed by atoms with Crippen LogP contribution in [0.5, 0.6) is 0 Å². The first-order chi connectivity index (χ1) is 8.54. The van der Waals surface area contributed by atoms with Crippen molar-refractivity contribution in [1.82, 2.24) is 9.78 Å². The van der Waals surface area contributed by atoms with Crippen LogP contribution >= 0.6 is 27.3 Å². The minimum atomic E-state index is 0.0473. The van der Waals surface area contributed by atoms with E-state index in [-0.39, 0.29) is 6.04 Å². The quantitative estimate of drug-likeness (QED) is 0.935. The fraction of sp³-hybridized carbons (Fsp3) is 0.462. The van der Waals surface area contributed by atoms with E-state index in [4.69, 9.17) is 5.73 Å². The Bertz CT molecular complexity index is 544. The van der Waals surface area contributed by atoms with Gasteiger partial charge in [-0.05, 0) is 46.3 Å². The lowest BCUT2D eigenvalue weighted by Gasteiger charge is -2.12. The van der Waals surface area contributed by atoms with Crippen molar-refractivity contribution in [3.8, 4) is 0 Å². The van der Waals surface area contributed by atoms with Gasteiger partial charge >= 0.3 is 0 Å². The molecular formula is C13H18BrN3S. The van der Waals surface area contributed by atoms with Gasteiger partial charge in [-0.1, -0.05) is 6.92 Å². The summed E-state index contributed by atoms with van der Waals surface area (Å²) in [6, 6.07) is 2.22. The van der Waals surface area contributed by atoms with Crippen molar-refractivity contribution >= 4 is 27.3 Å². The minimum Gasteiger partial charge on any atom is -0.323 e. The molecule has 2 N–H and O–H groups in total. The van der Waals surface area contributed by atoms with Crippen molar-refractivity contribution < 1.29 is 0 Å². The van der Waals surface area contributed by atoms with E-state index in [9.17, 15) is 0 Å². The van der Waals surface area contributed by atoms with Crippen molar-refractivity contribution in [1.29, 1.82) is 0 Å². The van der Waals surface area contributed by atoms with Gasteiger partial charge < -0.3 is 5.73 Å². The van der Waals surface area contributed by atoms with Crippen LogP contribution in [0.1, 0.15) is 34.8 Å². The molecule has 2 rings (SSSR count). The molecule has 18 heavy (non-hydrogen) atoms. The molecule has 0 aliphatic rings. The van der Waals surface area contributed by atoms with Gasteiger partial charge in [0.1, 0.15) is 0 Å². The van der Waals surface area contributed by atoms with Crippen LogP contribution in [-0.4, -0.2) is 9.78 Å². The highest BCUT2D eigenvalue weighted by Gasteiger charge is 2.18. The first-order valence-corrected chi connectivity index (χ1v) is 7.71. The molecule has 0 aliphatic carbocycles. The molecule has 2 heterocycles. The molecule has 0 bridgehead atoms. The van der Waals surface area contributed by atoms with Crippen LogP contribution in [0, 0.1) is 6.92 Å². The molecule has 0 amide bonds. The zero-order valence-corrected chi connectivity index (χ0v) is 13.3. The Balaban J connectivity index is 2.24. The second kappa shape index (κ2) is 5.55. The first kappa shape index (κ1) is 13.8. The molecule has 3 nitrogen and oxygen atoms in total. The fourth-order valence-corrected chi connectivity index (χ4v) is 3.67. The van der Waals surface area contributed by atoms with Gasteiger partial charge in [-0.15, -0.1) is 11.3 Å². The lowest BCUT2D eigenvalue weighted by atomic mass is 10.1. The van der Waals surface area contributed by atoms with E-state index >= 15 is 0 Å². The van der Waals surface area contributed by atoms with E-state index in [0.717, 1.165) is 28.7 Å². The number of halogens is 1. The summed E-state index contributed by atoms with van der Waals surface area (Å²) in [5.74, 6) is 0. The highest BCUT2D eigenvalue weighted by Crippen LogP contribution is 2.29. The van der Waals surface area contributed by atoms with E-state index in [0.29, 0.717) is 0 Å². The van der Waals surface area contributed by atoms with Gasteiger partial charge in [-0.2, -0.15) is 5.10 Å². The number of aryl methyl sites for hydroxylation is 3. The molecule has 0 spiro atoms. The van der Waals surface area contributed by atoms with E-state index in [1.807, 2.05) is 18.7 Å². The highest BCUT2D eigenvalue weighted by atomic mass is 79.9. The normalized spacial score (nSPS) is 12.9. The Morgan fingerprint density at radius 1 is 1.56 bits per heavy atom. The first-order valence-electron chi connectivity index (χ1n) is 6.04. The van der Waals surface area contributed by atoms with Crippen LogP contribution in [0.2, 0.25) is 0 Å². The molecule has 98 valence electrons. The maximum absolute atomic E-state index is 6.34. The fourth-order valence-electron chi connectivity index (χ4n) is 2.17. The summed E-state index contributed by atoms with van der Waals surface area (Å²) in [4.78, 5) is 1.29. The standard InChI is InChI=1S/C13H18BrN3S/c1-4-9-5-6-18-13(9)10(15)7-11-12(14)8(2)16-17(11)3/h5-6,10H,4,7,15H2,1-3H3. The second-order valence-corrected chi connectivity index (χ2v) is 6.18. The average Bonchev–Trinajstić information content (AvgIpc) is 2.90. The smallest absolute Gasteiger partial charge is 0.0738 e. The summed E-state index contributed by atoms with van der Waals surface area (Å²) in [5, 5.41) is 6.53. The number of aromatic nitrogens is 2. The molecule has 0 fully saturated rings. The van der Waals surface area contributed by atoms with Gasteiger partial charge in [0.05, 0.1) is 15.9 Å². The van der Waals surface area contributed by atoms with Crippen molar-refractivity contribution in [3.05, 3.63) is 37.7 Å². The van der Waals surface area contributed by atoms with E-state index in [2.05, 4.69) is 39.4 Å². The SMILES string of the molecule is CCc1ccsc1C(N)Cc1c(Br)c(C)nn1C. The summed E-state index contributed by atoms with van der Waals surface area (Å²) in [7, 11) is 1.97. The number of hydrogen-bond acceptors (Lipinski definition) is 3. The topological polar surface area (TPSA) is 43.8 Å². The number of rotatable bonds is 4. The molecule has 1 atom stereocenters. The molecular weight excluding hydrogens is 310 g/mol. The average molecular weight is 328 g/mol. The summed E-state index contributed by atoms with van der Waals surface area (Å²) in [5.41, 5.74) is 9.88. The van der Waals surface area contributed by atoms with E-state index in [1.165, 1.54) is 10.4 Å². The Kier molecular flexibility index (Phi) is 4.25. The summed E-state index contributed by atoms with van der Waals surface area (Å²) < 4.78 is 2.99. The highest BCUT2D eigenvalue weighted by molar-refractivity contribution is 9.10. The zero-order chi connectivity index (χ0) is 13.3. The van der Waals surface area contributed by atoms with Gasteiger partial charge in [-0.25, -0.2) is 0 Å². The maximum atomic E-state index is 6.34. The molecule has 0 radical (unpaired) electrons. The Morgan fingerprint density at radius 2 is 2.28 bits per heavy atom. The van der Waals surface area contributed by atoms with E-state index in [1.54, 1.807) is 11.3 Å². The number of nitrogens with two attached hydrogens (primary N) is 1. The third-order valence-corrected chi connectivity index (χ3v) is 5.30. The third kappa shape index (κ3) is 2.53. The lowest BCUT2D eigenvalue weighted by molar-refractivity contribution is 0.641. The Morgan fingerprint density at radius 3 is 2.83 bits per heavy atom. The molecule has 0 aromatic carbocycles. The van der Waals surface area contributed by atoms with Gasteiger partial charge in [0.2, 0.25) is 0 Å². The van der Waals surface area contributed by atoms with Crippen LogP contribution < -0.4 is 5.73 Å². The van der Waals surface area contributed by atoms with Crippen molar-refractivity contribution in [3.63, 3.8) is 0 Å². The largest absolute Gasteiger partial charge is 0.323 e. The predicted molar refractivity (Wildman–Crippen MR) is 80.0 cm³/mol. The van der Waals surface area contributed by atoms with Crippen LogP contribution in [0.25, 0.3) is 0 Å². The van der Waals surface area contributed by atoms with Crippen LogP contribution in [-0.2, 0) is 19.9 Å². The summed E-state index contributed by atoms with van der Waals surface area (Å²) in [6.07, 6.45) is 1.85. The molecule has 5 heteroatoms. The van der Waals surface area contributed by atoms with Crippen LogP contribution in [0.3, 0.4) is 0 Å². The van der Waals surface area contributed by atoms with Crippen molar-refractivity contribution in [2.24, 2.45) is 12.8 Å². The molecule has 0 aliphatic heterocycles. The van der Waals surface area contributed by atoms with Gasteiger partial charge in [0.25, 0.3) is 0 Å². The Hall–Kier alpha value is -0.650. The number of hydrogen-bond donors (Lipinski definition) is 1.